The maximum Gasteiger partial charge on any atom is 0.396 e. The zero-order valence-corrected chi connectivity index (χ0v) is 46.0. The molecule has 3 saturated heterocycles. The molecule has 9 rings (SSSR count). The molecule has 0 aliphatic carbocycles. The molecule has 23 nitrogen and oxygen atoms in total. The van der Waals surface area contributed by atoms with E-state index in [1.54, 1.807) is 11.9 Å². The molecule has 8 amide bonds. The number of nitrogens with zero attached hydrogens (tertiary/aromatic N) is 4. The van der Waals surface area contributed by atoms with E-state index in [0.29, 0.717) is 48.7 Å². The Morgan fingerprint density at radius 2 is 1.49 bits per heavy atom. The molecule has 5 heterocycles. The minimum absolute atomic E-state index is 0.0713. The summed E-state index contributed by atoms with van der Waals surface area (Å²) in [6, 6.07) is 23.5. The number of unbranched alkanes of at least 4 members (excludes halogenated alkanes) is 3. The van der Waals surface area contributed by atoms with Gasteiger partial charge in [0.25, 0.3) is 11.4 Å². The summed E-state index contributed by atoms with van der Waals surface area (Å²) in [6.07, 6.45) is 4.37. The van der Waals surface area contributed by atoms with Crippen molar-refractivity contribution in [3.05, 3.63) is 142 Å². The van der Waals surface area contributed by atoms with Crippen LogP contribution in [-0.4, -0.2) is 124 Å². The smallest absolute Gasteiger partial charge is 0.370 e. The Labute approximate surface area is 470 Å². The van der Waals surface area contributed by atoms with Crippen molar-refractivity contribution in [2.24, 2.45) is 12.8 Å². The number of piperidine rings is 1. The minimum atomic E-state index is -5.13. The number of hydrogen-bond acceptors (Lipinski definition) is 11. The number of amides is 8. The molecule has 24 heteroatoms. The molecule has 3 aliphatic heterocycles. The van der Waals surface area contributed by atoms with Gasteiger partial charge in [0.05, 0.1) is 17.1 Å². The van der Waals surface area contributed by atoms with Crippen LogP contribution in [0.25, 0.3) is 21.9 Å². The first-order valence-corrected chi connectivity index (χ1v) is 29.0. The molecule has 5 atom stereocenters. The second-order valence-corrected chi connectivity index (χ2v) is 22.7. The molecule has 6 aromatic rings. The Balaban J connectivity index is 0.885. The van der Waals surface area contributed by atoms with Gasteiger partial charge in [0, 0.05) is 61.9 Å². The SMILES string of the molecule is Cn1c(=O)n(C2CCC(=O)NC2=O)c2ccc(CCCCCCC(=O)N3CC[C@H]4CC[C@@H](C(=O)N[C@H](CCC(N)=O)C(=O)NC(c5ccccc5)c5ccccc5)N4C(=O)[C@@H](NC(=O)c4cc5cc(C(=O)P(=O)(O)O)ccc5[nH]4)C3)cc21. The van der Waals surface area contributed by atoms with E-state index in [-0.39, 0.29) is 85.8 Å². The highest BCUT2D eigenvalue weighted by Crippen LogP contribution is 2.39. The average molecular weight is 1140 g/mol. The summed E-state index contributed by atoms with van der Waals surface area (Å²) in [5.74, 6) is -4.52. The number of H-pyrrole nitrogens is 1. The van der Waals surface area contributed by atoms with Crippen LogP contribution >= 0.6 is 7.60 Å². The van der Waals surface area contributed by atoms with Crippen molar-refractivity contribution < 1.29 is 57.5 Å². The number of aromatic nitrogens is 3. The number of aromatic amines is 1. The number of nitrogens with two attached hydrogens (primary N) is 1. The fourth-order valence-corrected chi connectivity index (χ4v) is 11.9. The van der Waals surface area contributed by atoms with Crippen molar-refractivity contribution in [3.63, 3.8) is 0 Å². The van der Waals surface area contributed by atoms with Gasteiger partial charge in [0.15, 0.2) is 0 Å². The molecule has 430 valence electrons. The van der Waals surface area contributed by atoms with Gasteiger partial charge in [-0.2, -0.15) is 0 Å². The molecule has 0 radical (unpaired) electrons. The number of carbonyl (C=O) groups excluding carboxylic acids is 9. The molecule has 9 N–H and O–H groups in total. The first-order chi connectivity index (χ1) is 39.2. The monoisotopic (exact) mass is 1140 g/mol. The summed E-state index contributed by atoms with van der Waals surface area (Å²) in [5.41, 5.74) is 7.54. The first-order valence-electron chi connectivity index (χ1n) is 27.4. The predicted octanol–water partition coefficient (Wildman–Crippen LogP) is 3.66. The number of rotatable bonds is 21. The van der Waals surface area contributed by atoms with Crippen LogP contribution in [0.3, 0.4) is 0 Å². The number of fused-ring (bicyclic) bond motifs is 3. The van der Waals surface area contributed by atoms with Gasteiger partial charge in [-0.05, 0) is 104 Å². The normalized spacial score (nSPS) is 18.9. The van der Waals surface area contributed by atoms with Gasteiger partial charge in [-0.3, -0.25) is 62.2 Å². The van der Waals surface area contributed by atoms with Crippen molar-refractivity contribution in [2.75, 3.05) is 13.1 Å². The van der Waals surface area contributed by atoms with Gasteiger partial charge in [0.1, 0.15) is 29.9 Å². The van der Waals surface area contributed by atoms with E-state index < -0.39 is 84.8 Å². The summed E-state index contributed by atoms with van der Waals surface area (Å²) in [7, 11) is -3.49. The van der Waals surface area contributed by atoms with Crippen LogP contribution in [0, 0.1) is 0 Å². The van der Waals surface area contributed by atoms with Gasteiger partial charge in [-0.1, -0.05) is 79.6 Å². The van der Waals surface area contributed by atoms with Crippen LogP contribution in [0.15, 0.2) is 108 Å². The van der Waals surface area contributed by atoms with Gasteiger partial charge in [0.2, 0.25) is 41.4 Å². The lowest BCUT2D eigenvalue weighted by atomic mass is 9.98. The zero-order chi connectivity index (χ0) is 58.4. The maximum absolute atomic E-state index is 15.0. The van der Waals surface area contributed by atoms with E-state index >= 15 is 4.79 Å². The number of imide groups is 1. The number of carbonyl (C=O) groups is 9. The lowest BCUT2D eigenvalue weighted by Crippen LogP contribution is -2.62. The van der Waals surface area contributed by atoms with Crippen LogP contribution in [0.1, 0.15) is 127 Å². The molecule has 0 spiro atoms. The second-order valence-electron chi connectivity index (χ2n) is 21.2. The predicted molar refractivity (Wildman–Crippen MR) is 299 cm³/mol. The summed E-state index contributed by atoms with van der Waals surface area (Å²) in [4.78, 5) is 159. The third kappa shape index (κ3) is 13.1. The third-order valence-electron chi connectivity index (χ3n) is 15.7. The minimum Gasteiger partial charge on any atom is -0.370 e. The quantitative estimate of drug-likeness (QED) is 0.0290. The zero-order valence-electron chi connectivity index (χ0n) is 45.1. The molecule has 0 saturated carbocycles. The Morgan fingerprint density at radius 3 is 2.17 bits per heavy atom. The third-order valence-corrected chi connectivity index (χ3v) is 16.5. The topological polar surface area (TPSA) is 335 Å². The molecule has 3 aliphatic rings. The van der Waals surface area contributed by atoms with E-state index in [0.717, 1.165) is 29.5 Å². The van der Waals surface area contributed by atoms with Crippen molar-refractivity contribution in [1.29, 1.82) is 0 Å². The lowest BCUT2D eigenvalue weighted by Gasteiger charge is -2.39. The highest BCUT2D eigenvalue weighted by molar-refractivity contribution is 7.70. The van der Waals surface area contributed by atoms with Gasteiger partial charge >= 0.3 is 13.3 Å². The van der Waals surface area contributed by atoms with Gasteiger partial charge in [-0.25, -0.2) is 4.79 Å². The Kier molecular flexibility index (Phi) is 17.8. The molecule has 1 unspecified atom stereocenters. The number of imidazole rings is 1. The summed E-state index contributed by atoms with van der Waals surface area (Å²) in [5, 5.41) is 11.2. The maximum atomic E-state index is 15.0. The standard InChI is InChI=1S/C58H65N10O13P/c1-65-47-30-34(18-23-44(47)68(58(65)78)46-25-27-49(70)63-55(46)75)12-6-2-3-11-17-50(71)66-29-28-39-20-24-45(54(74)61-41(22-26-48(59)69)52(72)64-51(35-13-7-4-8-14-35)36-15-9-5-10-16-36)67(39)56(76)43(33-66)62-53(73)42-32-38-31-37(19-21-40(38)60-42)57(77)82(79,80)81/h4-5,7-10,13-16,18-19,21,23,30-32,39,41,43,45-46,51,60H,2-3,6,11-12,17,20,22,24-29,33H2,1H3,(H2,59,69)(H,61,74)(H,62,73)(H,64,72)(H,63,70,75)(H2,79,80,81)/t39-,41-,43+,45+,46?/m1/s1. The highest BCUT2D eigenvalue weighted by atomic mass is 31.2. The fraction of sp³-hybridized carbons (Fsp3) is 0.379. The van der Waals surface area contributed by atoms with E-state index in [1.165, 1.54) is 38.3 Å². The first kappa shape index (κ1) is 58.1. The van der Waals surface area contributed by atoms with Crippen LogP contribution in [-0.2, 0) is 51.6 Å². The Morgan fingerprint density at radius 1 is 0.780 bits per heavy atom. The van der Waals surface area contributed by atoms with E-state index in [9.17, 15) is 57.5 Å². The van der Waals surface area contributed by atoms with Crippen molar-refractivity contribution in [3.8, 4) is 0 Å². The van der Waals surface area contributed by atoms with Crippen LogP contribution in [0.5, 0.6) is 0 Å². The number of hydrogen-bond donors (Lipinski definition) is 8. The lowest BCUT2D eigenvalue weighted by molar-refractivity contribution is -0.145. The molecule has 4 aromatic carbocycles. The van der Waals surface area contributed by atoms with Gasteiger partial charge in [-0.15, -0.1) is 0 Å². The Bertz CT molecular complexity index is 3530. The van der Waals surface area contributed by atoms with Crippen LogP contribution in [0.4, 0.5) is 0 Å². The van der Waals surface area contributed by atoms with Crippen molar-refractivity contribution in [2.45, 2.75) is 120 Å². The van der Waals surface area contributed by atoms with Crippen molar-refractivity contribution in [1.82, 2.24) is 45.2 Å². The van der Waals surface area contributed by atoms with E-state index in [2.05, 4.69) is 26.3 Å². The molecule has 2 aromatic heterocycles. The van der Waals surface area contributed by atoms with E-state index in [4.69, 9.17) is 5.73 Å². The molecule has 0 bridgehead atoms. The second kappa shape index (κ2) is 25.1. The van der Waals surface area contributed by atoms with Gasteiger partial charge < -0.3 is 46.3 Å². The Hall–Kier alpha value is -8.53. The molecule has 3 fully saturated rings. The average Bonchev–Trinajstić information content (AvgIpc) is 3.56. The highest BCUT2D eigenvalue weighted by Gasteiger charge is 2.46. The molecular weight excluding hydrogens is 1080 g/mol. The summed E-state index contributed by atoms with van der Waals surface area (Å²) >= 11 is 0. The van der Waals surface area contributed by atoms with E-state index in [1.807, 2.05) is 78.9 Å². The summed E-state index contributed by atoms with van der Waals surface area (Å²) in [6.45, 7) is -0.0839. The number of aryl methyl sites for hydroxylation is 2. The fourth-order valence-electron chi connectivity index (χ4n) is 11.4. The summed E-state index contributed by atoms with van der Waals surface area (Å²) < 4.78 is 14.7. The molecular formula is C58H65N10O13P. The number of primary amides is 1. The van der Waals surface area contributed by atoms with Crippen LogP contribution in [0.2, 0.25) is 0 Å². The largest absolute Gasteiger partial charge is 0.396 e. The molecule has 82 heavy (non-hydrogen) atoms. The number of benzene rings is 4. The number of nitrogens with one attached hydrogen (secondary N) is 5. The van der Waals surface area contributed by atoms with Crippen molar-refractivity contribution >= 4 is 82.3 Å². The van der Waals surface area contributed by atoms with Crippen LogP contribution < -0.4 is 32.7 Å².